The van der Waals surface area contributed by atoms with Crippen LogP contribution < -0.4 is 10.6 Å². The molecule has 1 unspecified atom stereocenters. The molecule has 0 fully saturated rings. The van der Waals surface area contributed by atoms with Crippen LogP contribution in [-0.2, 0) is 11.2 Å². The summed E-state index contributed by atoms with van der Waals surface area (Å²) in [6.45, 7) is 5.88. The van der Waals surface area contributed by atoms with Crippen molar-refractivity contribution in [3.63, 3.8) is 0 Å². The predicted molar refractivity (Wildman–Crippen MR) is 105 cm³/mol. The number of aryl methyl sites for hydroxylation is 1. The van der Waals surface area contributed by atoms with Gasteiger partial charge in [0.05, 0.1) is 23.4 Å². The number of aromatic nitrogens is 1. The number of thiazole rings is 1. The van der Waals surface area contributed by atoms with Gasteiger partial charge in [-0.05, 0) is 38.7 Å². The monoisotopic (exact) mass is 377 g/mol. The first-order chi connectivity index (χ1) is 11.9. The molecule has 2 rings (SSSR count). The van der Waals surface area contributed by atoms with Gasteiger partial charge in [-0.1, -0.05) is 30.8 Å². The Hall–Kier alpha value is -1.86. The van der Waals surface area contributed by atoms with E-state index in [1.165, 1.54) is 11.3 Å². The molecule has 5 nitrogen and oxygen atoms in total. The van der Waals surface area contributed by atoms with Gasteiger partial charge in [0.15, 0.2) is 0 Å². The maximum atomic E-state index is 12.4. The number of carbonyl (C=O) groups is 2. The standard InChI is InChI=1S/C18H23N3O2S2/c1-5-11(2)19-17(23)13-8-6-7-9-14(13)21-16(22)10-15-12(3)20-18(24-4)25-15/h6-9,11H,5,10H2,1-4H3,(H,19,23)(H,21,22). The summed E-state index contributed by atoms with van der Waals surface area (Å²) in [4.78, 5) is 30.2. The summed E-state index contributed by atoms with van der Waals surface area (Å²) >= 11 is 3.10. The third-order valence-corrected chi connectivity index (χ3v) is 5.95. The third-order valence-electron chi connectivity index (χ3n) is 3.80. The van der Waals surface area contributed by atoms with E-state index < -0.39 is 0 Å². The number of benzene rings is 1. The molecule has 0 radical (unpaired) electrons. The van der Waals surface area contributed by atoms with Crippen molar-refractivity contribution in [3.05, 3.63) is 40.4 Å². The number of rotatable bonds is 7. The van der Waals surface area contributed by atoms with Crippen molar-refractivity contribution in [2.45, 2.75) is 44.0 Å². The zero-order chi connectivity index (χ0) is 18.4. The molecule has 0 aliphatic rings. The smallest absolute Gasteiger partial charge is 0.253 e. The summed E-state index contributed by atoms with van der Waals surface area (Å²) in [5.74, 6) is -0.327. The minimum Gasteiger partial charge on any atom is -0.350 e. The van der Waals surface area contributed by atoms with E-state index in [-0.39, 0.29) is 24.3 Å². The van der Waals surface area contributed by atoms with Crippen molar-refractivity contribution in [2.75, 3.05) is 11.6 Å². The number of hydrogen-bond acceptors (Lipinski definition) is 5. The first kappa shape index (κ1) is 19.5. The average molecular weight is 378 g/mol. The van der Waals surface area contributed by atoms with Crippen LogP contribution in [0.4, 0.5) is 5.69 Å². The van der Waals surface area contributed by atoms with E-state index in [1.54, 1.807) is 36.0 Å². The zero-order valence-corrected chi connectivity index (χ0v) is 16.5. The molecule has 1 aromatic carbocycles. The van der Waals surface area contributed by atoms with Gasteiger partial charge in [-0.3, -0.25) is 9.59 Å². The number of hydrogen-bond donors (Lipinski definition) is 2. The highest BCUT2D eigenvalue weighted by Crippen LogP contribution is 2.26. The molecule has 25 heavy (non-hydrogen) atoms. The van der Waals surface area contributed by atoms with Crippen LogP contribution in [0.1, 0.15) is 41.2 Å². The van der Waals surface area contributed by atoms with E-state index in [0.717, 1.165) is 21.3 Å². The second-order valence-corrected chi connectivity index (χ2v) is 7.88. The number of nitrogens with one attached hydrogen (secondary N) is 2. The number of amides is 2. The molecule has 2 N–H and O–H groups in total. The minimum absolute atomic E-state index is 0.0843. The fourth-order valence-corrected chi connectivity index (χ4v) is 3.84. The molecule has 0 aliphatic heterocycles. The van der Waals surface area contributed by atoms with Crippen LogP contribution in [-0.4, -0.2) is 29.1 Å². The highest BCUT2D eigenvalue weighted by atomic mass is 32.2. The minimum atomic E-state index is -0.177. The summed E-state index contributed by atoms with van der Waals surface area (Å²) in [5.41, 5.74) is 1.88. The topological polar surface area (TPSA) is 71.1 Å². The Kier molecular flexibility index (Phi) is 7.01. The first-order valence-electron chi connectivity index (χ1n) is 8.14. The highest BCUT2D eigenvalue weighted by Gasteiger charge is 2.16. The Balaban J connectivity index is 2.10. The molecule has 0 aliphatic carbocycles. The zero-order valence-electron chi connectivity index (χ0n) is 14.9. The quantitative estimate of drug-likeness (QED) is 0.718. The Morgan fingerprint density at radius 1 is 1.32 bits per heavy atom. The molecule has 2 aromatic rings. The second kappa shape index (κ2) is 9.01. The van der Waals surface area contributed by atoms with E-state index >= 15 is 0 Å². The van der Waals surface area contributed by atoms with Crippen LogP contribution in [0.5, 0.6) is 0 Å². The fourth-order valence-electron chi connectivity index (χ4n) is 2.19. The first-order valence-corrected chi connectivity index (χ1v) is 10.2. The lowest BCUT2D eigenvalue weighted by atomic mass is 10.1. The van der Waals surface area contributed by atoms with Gasteiger partial charge in [0.2, 0.25) is 5.91 Å². The molecule has 134 valence electrons. The molecule has 2 amide bonds. The molecule has 7 heteroatoms. The third kappa shape index (κ3) is 5.31. The van der Waals surface area contributed by atoms with Gasteiger partial charge in [-0.15, -0.1) is 11.3 Å². The average Bonchev–Trinajstić information content (AvgIpc) is 2.94. The number of para-hydroxylation sites is 1. The normalized spacial score (nSPS) is 11.8. The molecule has 1 heterocycles. The molecule has 1 aromatic heterocycles. The van der Waals surface area contributed by atoms with E-state index in [4.69, 9.17) is 0 Å². The van der Waals surface area contributed by atoms with Crippen LogP contribution in [0.25, 0.3) is 0 Å². The van der Waals surface area contributed by atoms with Crippen molar-refractivity contribution in [3.8, 4) is 0 Å². The highest BCUT2D eigenvalue weighted by molar-refractivity contribution is 8.00. The van der Waals surface area contributed by atoms with Crippen LogP contribution in [0.3, 0.4) is 0 Å². The maximum absolute atomic E-state index is 12.4. The van der Waals surface area contributed by atoms with E-state index in [0.29, 0.717) is 11.3 Å². The number of nitrogens with zero attached hydrogens (tertiary/aromatic N) is 1. The second-order valence-electron chi connectivity index (χ2n) is 5.75. The van der Waals surface area contributed by atoms with E-state index in [1.807, 2.05) is 27.0 Å². The number of anilines is 1. The largest absolute Gasteiger partial charge is 0.350 e. The molecule has 1 atom stereocenters. The van der Waals surface area contributed by atoms with Gasteiger partial charge >= 0.3 is 0 Å². The van der Waals surface area contributed by atoms with Crippen LogP contribution in [0.2, 0.25) is 0 Å². The molecule has 0 saturated carbocycles. The molecule has 0 bridgehead atoms. The maximum Gasteiger partial charge on any atom is 0.253 e. The Morgan fingerprint density at radius 3 is 2.68 bits per heavy atom. The van der Waals surface area contributed by atoms with Gasteiger partial charge in [0.25, 0.3) is 5.91 Å². The van der Waals surface area contributed by atoms with Gasteiger partial charge < -0.3 is 10.6 Å². The van der Waals surface area contributed by atoms with Gasteiger partial charge in [-0.25, -0.2) is 4.98 Å². The summed E-state index contributed by atoms with van der Waals surface area (Å²) in [5, 5.41) is 5.79. The predicted octanol–water partition coefficient (Wildman–Crippen LogP) is 3.88. The lowest BCUT2D eigenvalue weighted by Crippen LogP contribution is -2.32. The number of carbonyl (C=O) groups excluding carboxylic acids is 2. The van der Waals surface area contributed by atoms with Gasteiger partial charge in [0, 0.05) is 10.9 Å². The molecular formula is C18H23N3O2S2. The molecular weight excluding hydrogens is 354 g/mol. The van der Waals surface area contributed by atoms with Crippen molar-refractivity contribution >= 4 is 40.6 Å². The lowest BCUT2D eigenvalue weighted by molar-refractivity contribution is -0.115. The van der Waals surface area contributed by atoms with Crippen LogP contribution in [0.15, 0.2) is 28.6 Å². The van der Waals surface area contributed by atoms with Crippen LogP contribution >= 0.6 is 23.1 Å². The van der Waals surface area contributed by atoms with E-state index in [2.05, 4.69) is 15.6 Å². The fraction of sp³-hybridized carbons (Fsp3) is 0.389. The molecule has 0 saturated heterocycles. The van der Waals surface area contributed by atoms with Crippen molar-refractivity contribution in [1.82, 2.24) is 10.3 Å². The summed E-state index contributed by atoms with van der Waals surface area (Å²) in [6, 6.07) is 7.15. The Labute approximate surface area is 156 Å². The van der Waals surface area contributed by atoms with Crippen molar-refractivity contribution < 1.29 is 9.59 Å². The Morgan fingerprint density at radius 2 is 2.04 bits per heavy atom. The van der Waals surface area contributed by atoms with Crippen LogP contribution in [0, 0.1) is 6.92 Å². The molecule has 0 spiro atoms. The lowest BCUT2D eigenvalue weighted by Gasteiger charge is -2.14. The Bertz CT molecular complexity index is 759. The SMILES string of the molecule is CCC(C)NC(=O)c1ccccc1NC(=O)Cc1sc(SC)nc1C. The summed E-state index contributed by atoms with van der Waals surface area (Å²) in [7, 11) is 0. The van der Waals surface area contributed by atoms with Crippen molar-refractivity contribution in [2.24, 2.45) is 0 Å². The summed E-state index contributed by atoms with van der Waals surface area (Å²) in [6.07, 6.45) is 3.07. The van der Waals surface area contributed by atoms with Gasteiger partial charge in [0.1, 0.15) is 4.34 Å². The van der Waals surface area contributed by atoms with E-state index in [9.17, 15) is 9.59 Å². The van der Waals surface area contributed by atoms with Crippen molar-refractivity contribution in [1.29, 1.82) is 0 Å². The van der Waals surface area contributed by atoms with Gasteiger partial charge in [-0.2, -0.15) is 0 Å². The summed E-state index contributed by atoms with van der Waals surface area (Å²) < 4.78 is 0.952. The number of thioether (sulfide) groups is 1.